The van der Waals surface area contributed by atoms with Gasteiger partial charge in [-0.05, 0) is 33.6 Å². The molecule has 0 saturated heterocycles. The van der Waals surface area contributed by atoms with Gasteiger partial charge in [0.1, 0.15) is 11.6 Å². The van der Waals surface area contributed by atoms with Crippen molar-refractivity contribution in [1.82, 2.24) is 5.32 Å². The molecule has 0 saturated carbocycles. The third kappa shape index (κ3) is 9.84. The Balaban J connectivity index is 4.56. The van der Waals surface area contributed by atoms with E-state index in [1.807, 2.05) is 0 Å². The average molecular weight is 320 g/mol. The lowest BCUT2D eigenvalue weighted by Crippen LogP contribution is -2.47. The van der Waals surface area contributed by atoms with E-state index in [-0.39, 0.29) is 0 Å². The fraction of sp³-hybridized carbons (Fsp3) is 0.900. The van der Waals surface area contributed by atoms with Gasteiger partial charge in [-0.15, -0.1) is 0 Å². The molecule has 1 atom stereocenters. The highest BCUT2D eigenvalue weighted by atomic mass is 32.2. The molecule has 0 aromatic carbocycles. The molecule has 1 unspecified atom stereocenters. The highest BCUT2D eigenvalue weighted by Crippen LogP contribution is 2.24. The topological polar surface area (TPSA) is 95.5 Å². The summed E-state index contributed by atoms with van der Waals surface area (Å²) in [5, 5.41) is 1.62. The lowest BCUT2D eigenvalue weighted by atomic mass is 10.1. The Kier molecular flexibility index (Phi) is 6.27. The third-order valence-corrected chi connectivity index (χ3v) is 2.76. The van der Waals surface area contributed by atoms with Crippen molar-refractivity contribution in [3.8, 4) is 0 Å². The van der Waals surface area contributed by atoms with Gasteiger partial charge >= 0.3 is 12.3 Å². The smallest absolute Gasteiger partial charge is 0.408 e. The van der Waals surface area contributed by atoms with E-state index >= 15 is 0 Å². The molecule has 0 aliphatic rings. The zero-order chi connectivity index (χ0) is 16.2. The number of alkyl halides is 3. The van der Waals surface area contributed by atoms with Gasteiger partial charge in [-0.2, -0.15) is 13.2 Å². The summed E-state index contributed by atoms with van der Waals surface area (Å²) in [4.78, 5) is 11.3. The van der Waals surface area contributed by atoms with Crippen LogP contribution in [0.4, 0.5) is 18.0 Å². The fourth-order valence-corrected chi connectivity index (χ4v) is 1.75. The molecule has 0 fully saturated rings. The van der Waals surface area contributed by atoms with Crippen molar-refractivity contribution in [3.05, 3.63) is 0 Å². The van der Waals surface area contributed by atoms with E-state index in [9.17, 15) is 30.9 Å². The molecule has 1 amide bonds. The molecule has 0 aromatic heterocycles. The Hall–Kier alpha value is -1.03. The minimum Gasteiger partial charge on any atom is -0.748 e. The number of nitrogens with one attached hydrogen (secondary N) is 1. The number of halogens is 3. The fourth-order valence-electron chi connectivity index (χ4n) is 1.23. The van der Waals surface area contributed by atoms with Gasteiger partial charge in [0, 0.05) is 5.75 Å². The van der Waals surface area contributed by atoms with Crippen molar-refractivity contribution in [2.45, 2.75) is 51.4 Å². The normalized spacial score (nSPS) is 14.8. The van der Waals surface area contributed by atoms with Crippen LogP contribution < -0.4 is 5.32 Å². The van der Waals surface area contributed by atoms with Crippen LogP contribution in [0.1, 0.15) is 33.6 Å². The number of rotatable bonds is 5. The number of carbonyl (C=O) groups excluding carboxylic acids is 1. The van der Waals surface area contributed by atoms with Crippen LogP contribution in [-0.4, -0.2) is 42.6 Å². The van der Waals surface area contributed by atoms with Crippen LogP contribution in [-0.2, 0) is 14.9 Å². The molecule has 6 nitrogen and oxygen atoms in total. The Bertz CT molecular complexity index is 427. The average Bonchev–Trinajstić information content (AvgIpc) is 2.09. The van der Waals surface area contributed by atoms with Crippen molar-refractivity contribution in [3.63, 3.8) is 0 Å². The lowest BCUT2D eigenvalue weighted by Gasteiger charge is -2.25. The molecule has 0 rings (SSSR count). The first-order chi connectivity index (χ1) is 8.71. The van der Waals surface area contributed by atoms with E-state index < -0.39 is 52.6 Å². The predicted molar refractivity (Wildman–Crippen MR) is 63.0 cm³/mol. The molecule has 0 aliphatic heterocycles. The van der Waals surface area contributed by atoms with Gasteiger partial charge in [-0.3, -0.25) is 0 Å². The van der Waals surface area contributed by atoms with E-state index in [4.69, 9.17) is 0 Å². The second kappa shape index (κ2) is 6.61. The highest BCUT2D eigenvalue weighted by Gasteiger charge is 2.41. The molecule has 0 bridgehead atoms. The minimum atomic E-state index is -4.76. The largest absolute Gasteiger partial charge is 0.748 e. The Morgan fingerprint density at radius 3 is 2.15 bits per heavy atom. The predicted octanol–water partition coefficient (Wildman–Crippen LogP) is 1.77. The summed E-state index contributed by atoms with van der Waals surface area (Å²) in [7, 11) is -4.58. The molecular weight excluding hydrogens is 303 g/mol. The first kappa shape index (κ1) is 19.0. The summed E-state index contributed by atoms with van der Waals surface area (Å²) in [6, 6.07) is -2.26. The van der Waals surface area contributed by atoms with Crippen molar-refractivity contribution < 1.29 is 35.7 Å². The van der Waals surface area contributed by atoms with Gasteiger partial charge in [0.2, 0.25) is 0 Å². The molecule has 10 heteroatoms. The van der Waals surface area contributed by atoms with E-state index in [1.165, 1.54) is 20.8 Å². The molecule has 1 N–H and O–H groups in total. The van der Waals surface area contributed by atoms with Gasteiger partial charge in [-0.25, -0.2) is 13.2 Å². The zero-order valence-corrected chi connectivity index (χ0v) is 12.1. The molecule has 20 heavy (non-hydrogen) atoms. The minimum absolute atomic E-state index is 0.508. The Morgan fingerprint density at radius 2 is 1.80 bits per heavy atom. The molecular formula is C10H17F3NO5S-. The maximum Gasteiger partial charge on any atom is 0.408 e. The van der Waals surface area contributed by atoms with Crippen LogP contribution in [0.2, 0.25) is 0 Å². The maximum absolute atomic E-state index is 12.6. The molecule has 0 radical (unpaired) electrons. The van der Waals surface area contributed by atoms with Gasteiger partial charge in [0.25, 0.3) is 0 Å². The molecule has 0 aliphatic carbocycles. The van der Waals surface area contributed by atoms with Crippen LogP contribution in [0, 0.1) is 0 Å². The summed E-state index contributed by atoms with van der Waals surface area (Å²) >= 11 is 0. The molecule has 120 valence electrons. The van der Waals surface area contributed by atoms with Crippen LogP contribution in [0.15, 0.2) is 0 Å². The summed E-state index contributed by atoms with van der Waals surface area (Å²) in [6.07, 6.45) is -7.25. The number of hydrogen-bond acceptors (Lipinski definition) is 5. The van der Waals surface area contributed by atoms with Gasteiger partial charge < -0.3 is 14.6 Å². The van der Waals surface area contributed by atoms with Crippen LogP contribution in [0.25, 0.3) is 0 Å². The van der Waals surface area contributed by atoms with Crippen molar-refractivity contribution in [2.24, 2.45) is 0 Å². The summed E-state index contributed by atoms with van der Waals surface area (Å²) < 4.78 is 73.6. The second-order valence-electron chi connectivity index (χ2n) is 5.14. The lowest BCUT2D eigenvalue weighted by molar-refractivity contribution is -0.156. The number of amides is 1. The molecule has 0 aromatic rings. The first-order valence-corrected chi connectivity index (χ1v) is 7.28. The zero-order valence-electron chi connectivity index (χ0n) is 11.3. The number of hydrogen-bond donors (Lipinski definition) is 1. The van der Waals surface area contributed by atoms with Crippen LogP contribution in [0.5, 0.6) is 0 Å². The van der Waals surface area contributed by atoms with Gasteiger partial charge in [0.05, 0.1) is 10.1 Å². The van der Waals surface area contributed by atoms with Gasteiger partial charge in [-0.1, -0.05) is 0 Å². The summed E-state index contributed by atoms with van der Waals surface area (Å²) in [6.45, 7) is 4.46. The second-order valence-corrected chi connectivity index (χ2v) is 6.67. The van der Waals surface area contributed by atoms with Crippen LogP contribution in [0.3, 0.4) is 0 Å². The third-order valence-electron chi connectivity index (χ3n) is 1.97. The van der Waals surface area contributed by atoms with E-state index in [1.54, 1.807) is 5.32 Å². The summed E-state index contributed by atoms with van der Waals surface area (Å²) in [5.41, 5.74) is -0.960. The highest BCUT2D eigenvalue weighted by molar-refractivity contribution is 7.85. The quantitative estimate of drug-likeness (QED) is 0.779. The van der Waals surface area contributed by atoms with Crippen LogP contribution >= 0.6 is 0 Å². The summed E-state index contributed by atoms with van der Waals surface area (Å²) in [5.74, 6) is -0.921. The molecule has 0 spiro atoms. The van der Waals surface area contributed by atoms with E-state index in [0.717, 1.165) is 0 Å². The first-order valence-electron chi connectivity index (χ1n) is 5.70. The standard InChI is InChI=1S/C10H18F3NO5S/c1-9(2,3)19-8(15)14-7(10(11,12)13)5-4-6-20(16,17)18/h7H,4-6H2,1-3H3,(H,14,15)(H,16,17,18)/p-1. The number of alkyl carbamates (subject to hydrolysis) is 1. The monoisotopic (exact) mass is 320 g/mol. The SMILES string of the molecule is CC(C)(C)OC(=O)NC(CCCS(=O)(=O)[O-])C(F)(F)F. The maximum atomic E-state index is 12.6. The number of carbonyl (C=O) groups is 1. The Morgan fingerprint density at radius 1 is 1.30 bits per heavy atom. The molecule has 0 heterocycles. The van der Waals surface area contributed by atoms with Crippen molar-refractivity contribution in [2.75, 3.05) is 5.75 Å². The van der Waals surface area contributed by atoms with Crippen molar-refractivity contribution in [1.29, 1.82) is 0 Å². The number of ether oxygens (including phenoxy) is 1. The van der Waals surface area contributed by atoms with E-state index in [0.29, 0.717) is 0 Å². The van der Waals surface area contributed by atoms with Gasteiger partial charge in [0.15, 0.2) is 0 Å². The van der Waals surface area contributed by atoms with E-state index in [2.05, 4.69) is 4.74 Å². The van der Waals surface area contributed by atoms with Crippen molar-refractivity contribution >= 4 is 16.2 Å². The Labute approximate surface area is 115 Å².